The van der Waals surface area contributed by atoms with Gasteiger partial charge in [-0.1, -0.05) is 24.3 Å². The van der Waals surface area contributed by atoms with Gasteiger partial charge in [-0.2, -0.15) is 0 Å². The molecule has 4 heteroatoms. The van der Waals surface area contributed by atoms with E-state index in [1.807, 2.05) is 31.2 Å². The molecule has 17 heavy (non-hydrogen) atoms. The number of nitrogens with two attached hydrogens (primary N) is 1. The molecule has 1 aromatic heterocycles. The van der Waals surface area contributed by atoms with Crippen LogP contribution in [-0.4, -0.2) is 4.57 Å². The zero-order chi connectivity index (χ0) is 12.4. The van der Waals surface area contributed by atoms with Crippen molar-refractivity contribution in [1.29, 1.82) is 0 Å². The van der Waals surface area contributed by atoms with E-state index in [2.05, 4.69) is 15.9 Å². The molecular formula is C13H13BrN2O. The van der Waals surface area contributed by atoms with Crippen LogP contribution in [0.1, 0.15) is 11.1 Å². The summed E-state index contributed by atoms with van der Waals surface area (Å²) in [5.74, 6) is 0. The predicted octanol–water partition coefficient (Wildman–Crippen LogP) is 2.55. The van der Waals surface area contributed by atoms with E-state index in [0.29, 0.717) is 16.7 Å². The lowest BCUT2D eigenvalue weighted by Crippen LogP contribution is -2.21. The summed E-state index contributed by atoms with van der Waals surface area (Å²) in [6.45, 7) is 2.57. The Bertz CT molecular complexity index is 605. The third kappa shape index (κ3) is 2.58. The quantitative estimate of drug-likeness (QED) is 0.925. The van der Waals surface area contributed by atoms with Gasteiger partial charge in [-0.25, -0.2) is 0 Å². The Morgan fingerprint density at radius 3 is 2.76 bits per heavy atom. The number of pyridine rings is 1. The minimum absolute atomic E-state index is 0.0672. The van der Waals surface area contributed by atoms with Gasteiger partial charge >= 0.3 is 0 Å². The summed E-state index contributed by atoms with van der Waals surface area (Å²) in [7, 11) is 0. The highest BCUT2D eigenvalue weighted by Crippen LogP contribution is 2.12. The third-order valence-electron chi connectivity index (χ3n) is 2.67. The van der Waals surface area contributed by atoms with Gasteiger partial charge in [0.2, 0.25) is 0 Å². The summed E-state index contributed by atoms with van der Waals surface area (Å²) in [6.07, 6.45) is 1.67. The van der Waals surface area contributed by atoms with Gasteiger partial charge in [0.15, 0.2) is 0 Å². The third-order valence-corrected chi connectivity index (χ3v) is 3.23. The number of aromatic nitrogens is 1. The maximum atomic E-state index is 11.9. The molecule has 2 aromatic rings. The lowest BCUT2D eigenvalue weighted by atomic mass is 10.1. The smallest absolute Gasteiger partial charge is 0.265 e. The van der Waals surface area contributed by atoms with Crippen molar-refractivity contribution in [2.75, 3.05) is 5.73 Å². The molecule has 88 valence electrons. The number of anilines is 1. The molecule has 0 saturated carbocycles. The predicted molar refractivity (Wildman–Crippen MR) is 73.1 cm³/mol. The Kier molecular flexibility index (Phi) is 3.33. The fourth-order valence-electron chi connectivity index (χ4n) is 1.71. The second-order valence-corrected chi connectivity index (χ2v) is 4.84. The van der Waals surface area contributed by atoms with E-state index < -0.39 is 0 Å². The van der Waals surface area contributed by atoms with Crippen LogP contribution in [0.15, 0.2) is 45.8 Å². The lowest BCUT2D eigenvalue weighted by molar-refractivity contribution is 0.753. The Hall–Kier alpha value is -1.55. The monoisotopic (exact) mass is 292 g/mol. The van der Waals surface area contributed by atoms with E-state index in [1.54, 1.807) is 16.8 Å². The number of halogens is 1. The Morgan fingerprint density at radius 1 is 1.35 bits per heavy atom. The summed E-state index contributed by atoms with van der Waals surface area (Å²) in [5, 5.41) is 0. The van der Waals surface area contributed by atoms with Crippen molar-refractivity contribution in [2.45, 2.75) is 13.5 Å². The molecule has 0 aliphatic rings. The number of rotatable bonds is 2. The van der Waals surface area contributed by atoms with Crippen LogP contribution in [0.25, 0.3) is 0 Å². The number of benzene rings is 1. The summed E-state index contributed by atoms with van der Waals surface area (Å²) in [6, 6.07) is 9.61. The molecule has 0 unspecified atom stereocenters. The molecule has 0 aliphatic carbocycles. The normalized spacial score (nSPS) is 10.5. The summed E-state index contributed by atoms with van der Waals surface area (Å²) >= 11 is 3.22. The first kappa shape index (κ1) is 11.9. The van der Waals surface area contributed by atoms with E-state index in [1.165, 1.54) is 0 Å². The van der Waals surface area contributed by atoms with Gasteiger partial charge in [0, 0.05) is 11.9 Å². The first-order valence-electron chi connectivity index (χ1n) is 5.28. The SMILES string of the molecule is Cc1ccccc1Cn1cc(N)cc(Br)c1=O. The number of nitrogen functional groups attached to an aromatic ring is 1. The number of aryl methyl sites for hydroxylation is 1. The van der Waals surface area contributed by atoms with Crippen LogP contribution in [0, 0.1) is 6.92 Å². The highest BCUT2D eigenvalue weighted by Gasteiger charge is 2.04. The topological polar surface area (TPSA) is 48.0 Å². The van der Waals surface area contributed by atoms with Crippen LogP contribution >= 0.6 is 15.9 Å². The molecule has 2 rings (SSSR count). The van der Waals surface area contributed by atoms with E-state index in [9.17, 15) is 4.79 Å². The van der Waals surface area contributed by atoms with Crippen molar-refractivity contribution >= 4 is 21.6 Å². The van der Waals surface area contributed by atoms with Crippen molar-refractivity contribution in [2.24, 2.45) is 0 Å². The molecule has 1 aromatic carbocycles. The second-order valence-electron chi connectivity index (χ2n) is 3.98. The average Bonchev–Trinajstić information content (AvgIpc) is 2.28. The maximum Gasteiger partial charge on any atom is 0.265 e. The molecule has 0 fully saturated rings. The Labute approximate surface area is 108 Å². The first-order chi connectivity index (χ1) is 8.08. The van der Waals surface area contributed by atoms with Gasteiger partial charge in [-0.3, -0.25) is 4.79 Å². The van der Waals surface area contributed by atoms with Crippen LogP contribution in [0.3, 0.4) is 0 Å². The molecule has 1 heterocycles. The van der Waals surface area contributed by atoms with Gasteiger partial charge in [-0.05, 0) is 40.0 Å². The molecule has 2 N–H and O–H groups in total. The highest BCUT2D eigenvalue weighted by atomic mass is 79.9. The van der Waals surface area contributed by atoms with E-state index in [-0.39, 0.29) is 5.56 Å². The van der Waals surface area contributed by atoms with Crippen LogP contribution in [0.4, 0.5) is 5.69 Å². The number of nitrogens with zero attached hydrogens (tertiary/aromatic N) is 1. The highest BCUT2D eigenvalue weighted by molar-refractivity contribution is 9.10. The minimum Gasteiger partial charge on any atom is -0.398 e. The van der Waals surface area contributed by atoms with Crippen molar-refractivity contribution in [1.82, 2.24) is 4.57 Å². The number of hydrogen-bond acceptors (Lipinski definition) is 2. The molecule has 0 spiro atoms. The van der Waals surface area contributed by atoms with Crippen molar-refractivity contribution in [3.05, 3.63) is 62.5 Å². The number of hydrogen-bond donors (Lipinski definition) is 1. The van der Waals surface area contributed by atoms with Gasteiger partial charge in [0.05, 0.1) is 11.0 Å². The van der Waals surface area contributed by atoms with Crippen molar-refractivity contribution in [3.63, 3.8) is 0 Å². The van der Waals surface area contributed by atoms with E-state index in [4.69, 9.17) is 5.73 Å². The van der Waals surface area contributed by atoms with E-state index >= 15 is 0 Å². The Balaban J connectivity index is 2.44. The maximum absolute atomic E-state index is 11.9. The average molecular weight is 293 g/mol. The van der Waals surface area contributed by atoms with Crippen LogP contribution in [-0.2, 0) is 6.54 Å². The van der Waals surface area contributed by atoms with Crippen LogP contribution in [0.2, 0.25) is 0 Å². The molecule has 0 bridgehead atoms. The molecule has 0 saturated heterocycles. The van der Waals surface area contributed by atoms with Gasteiger partial charge in [0.1, 0.15) is 0 Å². The van der Waals surface area contributed by atoms with Gasteiger partial charge < -0.3 is 10.3 Å². The van der Waals surface area contributed by atoms with Crippen LogP contribution in [0.5, 0.6) is 0 Å². The summed E-state index contributed by atoms with van der Waals surface area (Å²) < 4.78 is 2.10. The zero-order valence-corrected chi connectivity index (χ0v) is 11.1. The molecule has 0 radical (unpaired) electrons. The first-order valence-corrected chi connectivity index (χ1v) is 6.07. The van der Waals surface area contributed by atoms with Crippen molar-refractivity contribution in [3.8, 4) is 0 Å². The van der Waals surface area contributed by atoms with E-state index in [0.717, 1.165) is 11.1 Å². The molecular weight excluding hydrogens is 280 g/mol. The second kappa shape index (κ2) is 4.75. The molecule has 0 aliphatic heterocycles. The van der Waals surface area contributed by atoms with Crippen LogP contribution < -0.4 is 11.3 Å². The standard InChI is InChI=1S/C13H13BrN2O/c1-9-4-2-3-5-10(9)7-16-8-11(15)6-12(14)13(16)17/h2-6,8H,7,15H2,1H3. The summed E-state index contributed by atoms with van der Waals surface area (Å²) in [5.41, 5.74) is 8.52. The zero-order valence-electron chi connectivity index (χ0n) is 9.48. The largest absolute Gasteiger partial charge is 0.398 e. The van der Waals surface area contributed by atoms with Gasteiger partial charge in [0.25, 0.3) is 5.56 Å². The fraction of sp³-hybridized carbons (Fsp3) is 0.154. The van der Waals surface area contributed by atoms with Gasteiger partial charge in [-0.15, -0.1) is 0 Å². The summed E-state index contributed by atoms with van der Waals surface area (Å²) in [4.78, 5) is 11.9. The van der Waals surface area contributed by atoms with Crippen molar-refractivity contribution < 1.29 is 0 Å². The Morgan fingerprint density at radius 2 is 2.06 bits per heavy atom. The molecule has 3 nitrogen and oxygen atoms in total. The molecule has 0 atom stereocenters. The fourth-order valence-corrected chi connectivity index (χ4v) is 2.20. The minimum atomic E-state index is -0.0672. The molecule has 0 amide bonds. The lowest BCUT2D eigenvalue weighted by Gasteiger charge is -2.09.